The molecule has 0 saturated carbocycles. The highest BCUT2D eigenvalue weighted by atomic mass is 32.2. The predicted molar refractivity (Wildman–Crippen MR) is 78.2 cm³/mol. The molecule has 0 atom stereocenters. The highest BCUT2D eigenvalue weighted by Gasteiger charge is 2.17. The van der Waals surface area contributed by atoms with Crippen LogP contribution in [0.25, 0.3) is 0 Å². The third-order valence-corrected chi connectivity index (χ3v) is 4.14. The van der Waals surface area contributed by atoms with Gasteiger partial charge in [-0.2, -0.15) is 0 Å². The molecule has 2 aromatic rings. The van der Waals surface area contributed by atoms with Crippen LogP contribution in [0.3, 0.4) is 0 Å². The van der Waals surface area contributed by atoms with Crippen molar-refractivity contribution in [2.24, 2.45) is 0 Å². The van der Waals surface area contributed by atoms with Crippen molar-refractivity contribution < 1.29 is 17.2 Å². The van der Waals surface area contributed by atoms with Crippen molar-refractivity contribution in [3.05, 3.63) is 59.2 Å². The fourth-order valence-electron chi connectivity index (χ4n) is 1.80. The van der Waals surface area contributed by atoms with Crippen LogP contribution in [0.15, 0.2) is 36.4 Å². The zero-order valence-corrected chi connectivity index (χ0v) is 12.0. The van der Waals surface area contributed by atoms with Gasteiger partial charge < -0.3 is 5.73 Å². The van der Waals surface area contributed by atoms with Crippen LogP contribution in [0.5, 0.6) is 0 Å². The summed E-state index contributed by atoms with van der Waals surface area (Å²) < 4.78 is 53.1. The summed E-state index contributed by atoms with van der Waals surface area (Å²) in [6, 6.07) is 8.19. The van der Waals surface area contributed by atoms with E-state index in [2.05, 4.69) is 0 Å². The van der Waals surface area contributed by atoms with E-state index in [9.17, 15) is 17.2 Å². The van der Waals surface area contributed by atoms with Crippen LogP contribution in [0.1, 0.15) is 11.1 Å². The fourth-order valence-corrected chi connectivity index (χ4v) is 3.03. The molecule has 0 bridgehead atoms. The lowest BCUT2D eigenvalue weighted by molar-refractivity contribution is 0.590. The van der Waals surface area contributed by atoms with Crippen molar-refractivity contribution >= 4 is 21.4 Å². The highest BCUT2D eigenvalue weighted by molar-refractivity contribution is 7.91. The molecule has 0 spiro atoms. The van der Waals surface area contributed by atoms with E-state index in [0.29, 0.717) is 11.3 Å². The Labute approximate surface area is 121 Å². The molecule has 0 unspecified atom stereocenters. The molecule has 112 valence electrons. The first-order valence-electron chi connectivity index (χ1n) is 6.08. The molecule has 0 amide bonds. The predicted octanol–water partition coefficient (Wildman–Crippen LogP) is 2.80. The van der Waals surface area contributed by atoms with Crippen LogP contribution in [0, 0.1) is 18.6 Å². The summed E-state index contributed by atoms with van der Waals surface area (Å²) in [5.74, 6) is -1.94. The molecule has 4 nitrogen and oxygen atoms in total. The SMILES string of the molecule is Cc1cc(F)c(NS(=O)(=O)Cc2ccccc2N)cc1F. The van der Waals surface area contributed by atoms with Gasteiger partial charge in [-0.25, -0.2) is 17.2 Å². The molecule has 0 aliphatic carbocycles. The maximum absolute atomic E-state index is 13.7. The Morgan fingerprint density at radius 2 is 1.81 bits per heavy atom. The molecular weight excluding hydrogens is 298 g/mol. The summed E-state index contributed by atoms with van der Waals surface area (Å²) in [6.07, 6.45) is 0. The molecule has 3 N–H and O–H groups in total. The summed E-state index contributed by atoms with van der Waals surface area (Å²) in [5, 5.41) is 0. The maximum atomic E-state index is 13.7. The number of para-hydroxylation sites is 1. The van der Waals surface area contributed by atoms with Gasteiger partial charge in [-0.15, -0.1) is 0 Å². The van der Waals surface area contributed by atoms with E-state index in [1.807, 2.05) is 4.72 Å². The highest BCUT2D eigenvalue weighted by Crippen LogP contribution is 2.22. The van der Waals surface area contributed by atoms with E-state index in [0.717, 1.165) is 12.1 Å². The van der Waals surface area contributed by atoms with Gasteiger partial charge >= 0.3 is 0 Å². The zero-order chi connectivity index (χ0) is 15.6. The van der Waals surface area contributed by atoms with Gasteiger partial charge in [0, 0.05) is 11.8 Å². The van der Waals surface area contributed by atoms with Crippen LogP contribution in [-0.4, -0.2) is 8.42 Å². The van der Waals surface area contributed by atoms with Crippen LogP contribution in [0.4, 0.5) is 20.2 Å². The van der Waals surface area contributed by atoms with E-state index in [1.54, 1.807) is 24.3 Å². The summed E-state index contributed by atoms with van der Waals surface area (Å²) in [7, 11) is -3.90. The molecule has 0 saturated heterocycles. The van der Waals surface area contributed by atoms with Crippen LogP contribution in [0.2, 0.25) is 0 Å². The summed E-state index contributed by atoms with van der Waals surface area (Å²) in [5.41, 5.74) is 6.05. The molecule has 0 heterocycles. The Bertz CT molecular complexity index is 777. The molecule has 0 fully saturated rings. The Morgan fingerprint density at radius 1 is 1.14 bits per heavy atom. The molecular formula is C14H14F2N2O2S. The van der Waals surface area contributed by atoms with Crippen molar-refractivity contribution in [3.63, 3.8) is 0 Å². The first-order valence-corrected chi connectivity index (χ1v) is 7.73. The van der Waals surface area contributed by atoms with Gasteiger partial charge in [0.2, 0.25) is 10.0 Å². The number of hydrogen-bond acceptors (Lipinski definition) is 3. The average Bonchev–Trinajstić information content (AvgIpc) is 2.38. The second-order valence-corrected chi connectivity index (χ2v) is 6.36. The number of sulfonamides is 1. The Kier molecular flexibility index (Phi) is 4.13. The van der Waals surface area contributed by atoms with Gasteiger partial charge in [-0.05, 0) is 30.2 Å². The lowest BCUT2D eigenvalue weighted by Crippen LogP contribution is -2.17. The fraction of sp³-hybridized carbons (Fsp3) is 0.143. The molecule has 21 heavy (non-hydrogen) atoms. The number of rotatable bonds is 4. The third-order valence-electron chi connectivity index (χ3n) is 2.91. The molecule has 0 aromatic heterocycles. The van der Waals surface area contributed by atoms with E-state index in [4.69, 9.17) is 5.73 Å². The number of benzene rings is 2. The number of nitrogens with two attached hydrogens (primary N) is 1. The summed E-state index contributed by atoms with van der Waals surface area (Å²) in [6.45, 7) is 1.39. The van der Waals surface area contributed by atoms with Crippen molar-refractivity contribution in [1.29, 1.82) is 0 Å². The smallest absolute Gasteiger partial charge is 0.237 e. The standard InChI is InChI=1S/C14H14F2N2O2S/c1-9-6-12(16)14(7-11(9)15)18-21(19,20)8-10-4-2-3-5-13(10)17/h2-7,18H,8,17H2,1H3. The number of nitrogen functional groups attached to an aromatic ring is 1. The van der Waals surface area contributed by atoms with E-state index < -0.39 is 33.1 Å². The van der Waals surface area contributed by atoms with Crippen LogP contribution in [-0.2, 0) is 15.8 Å². The Balaban J connectivity index is 2.26. The normalized spacial score (nSPS) is 11.4. The van der Waals surface area contributed by atoms with Gasteiger partial charge in [0.1, 0.15) is 11.6 Å². The lowest BCUT2D eigenvalue weighted by Gasteiger charge is -2.11. The largest absolute Gasteiger partial charge is 0.398 e. The number of halogens is 2. The number of anilines is 2. The Morgan fingerprint density at radius 3 is 2.48 bits per heavy atom. The van der Waals surface area contributed by atoms with E-state index >= 15 is 0 Å². The van der Waals surface area contributed by atoms with Gasteiger partial charge in [0.25, 0.3) is 0 Å². The van der Waals surface area contributed by atoms with Crippen molar-refractivity contribution in [3.8, 4) is 0 Å². The van der Waals surface area contributed by atoms with Crippen LogP contribution < -0.4 is 10.5 Å². The first-order chi connectivity index (χ1) is 9.78. The monoisotopic (exact) mass is 312 g/mol. The van der Waals surface area contributed by atoms with Gasteiger partial charge in [-0.3, -0.25) is 4.72 Å². The average molecular weight is 312 g/mol. The van der Waals surface area contributed by atoms with Crippen molar-refractivity contribution in [2.75, 3.05) is 10.5 Å². The van der Waals surface area contributed by atoms with Crippen molar-refractivity contribution in [1.82, 2.24) is 0 Å². The van der Waals surface area contributed by atoms with Crippen LogP contribution >= 0.6 is 0 Å². The quantitative estimate of drug-likeness (QED) is 0.853. The van der Waals surface area contributed by atoms with Gasteiger partial charge in [-0.1, -0.05) is 18.2 Å². The summed E-state index contributed by atoms with van der Waals surface area (Å²) in [4.78, 5) is 0. The van der Waals surface area contributed by atoms with Crippen molar-refractivity contribution in [2.45, 2.75) is 12.7 Å². The minimum absolute atomic E-state index is 0.0998. The lowest BCUT2D eigenvalue weighted by atomic mass is 10.2. The zero-order valence-electron chi connectivity index (χ0n) is 11.2. The van der Waals surface area contributed by atoms with E-state index in [1.165, 1.54) is 6.92 Å². The molecule has 7 heteroatoms. The topological polar surface area (TPSA) is 72.2 Å². The molecule has 2 aromatic carbocycles. The maximum Gasteiger partial charge on any atom is 0.237 e. The minimum Gasteiger partial charge on any atom is -0.398 e. The minimum atomic E-state index is -3.90. The first kappa shape index (κ1) is 15.2. The number of aryl methyl sites for hydroxylation is 1. The van der Waals surface area contributed by atoms with Gasteiger partial charge in [0.15, 0.2) is 0 Å². The summed E-state index contributed by atoms with van der Waals surface area (Å²) >= 11 is 0. The van der Waals surface area contributed by atoms with E-state index in [-0.39, 0.29) is 5.56 Å². The number of nitrogens with one attached hydrogen (secondary N) is 1. The second-order valence-electron chi connectivity index (χ2n) is 4.64. The molecule has 0 aliphatic heterocycles. The molecule has 2 rings (SSSR count). The number of hydrogen-bond donors (Lipinski definition) is 2. The second kappa shape index (κ2) is 5.69. The third kappa shape index (κ3) is 3.69. The molecule has 0 aliphatic rings. The molecule has 0 radical (unpaired) electrons. The Hall–Kier alpha value is -2.15. The van der Waals surface area contributed by atoms with Gasteiger partial charge in [0.05, 0.1) is 11.4 Å².